The van der Waals surface area contributed by atoms with Gasteiger partial charge in [-0.3, -0.25) is 0 Å². The molecule has 0 saturated carbocycles. The third-order valence-electron chi connectivity index (χ3n) is 0.701. The van der Waals surface area contributed by atoms with Crippen molar-refractivity contribution < 1.29 is 28.6 Å². The molecule has 1 aromatic heterocycles. The summed E-state index contributed by atoms with van der Waals surface area (Å²) >= 11 is 0.728. The maximum absolute atomic E-state index is 8.96. The second kappa shape index (κ2) is 10.1. The molecule has 0 spiro atoms. The summed E-state index contributed by atoms with van der Waals surface area (Å²) in [5.74, 6) is 1.67. The van der Waals surface area contributed by atoms with Crippen molar-refractivity contribution in [3.8, 4) is 0 Å². The second-order valence-corrected chi connectivity index (χ2v) is 11.9. The predicted octanol–water partition coefficient (Wildman–Crippen LogP) is 2.05. The van der Waals surface area contributed by atoms with E-state index in [-0.39, 0.29) is 5.44 Å². The summed E-state index contributed by atoms with van der Waals surface area (Å²) in [4.78, 5) is 17.9. The molecule has 5 nitrogen and oxygen atoms in total. The van der Waals surface area contributed by atoms with E-state index in [1.54, 1.807) is 0 Å². The summed E-state index contributed by atoms with van der Waals surface area (Å²) in [5.41, 5.74) is 0.262. The summed E-state index contributed by atoms with van der Waals surface area (Å²) < 4.78 is 0. The van der Waals surface area contributed by atoms with Gasteiger partial charge in [-0.1, -0.05) is 41.5 Å². The number of hydrogen-bond donors (Lipinski definition) is 3. The molecule has 0 fully saturated rings. The topological polar surface area (TPSA) is 82.0 Å². The Morgan fingerprint density at radius 1 is 1.12 bits per heavy atom. The fourth-order valence-electron chi connectivity index (χ4n) is 0.336. The molecule has 0 aliphatic heterocycles. The zero-order chi connectivity index (χ0) is 14.1. The fourth-order valence-corrected chi connectivity index (χ4v) is 1.67. The van der Waals surface area contributed by atoms with E-state index in [4.69, 9.17) is 9.79 Å². The van der Waals surface area contributed by atoms with Crippen molar-refractivity contribution in [1.82, 2.24) is 15.4 Å². The van der Waals surface area contributed by atoms with Crippen LogP contribution < -0.4 is 5.44 Å². The first-order valence-corrected chi connectivity index (χ1v) is 11.0. The van der Waals surface area contributed by atoms with Crippen LogP contribution in [0.25, 0.3) is 0 Å². The summed E-state index contributed by atoms with van der Waals surface area (Å²) in [7, 11) is 0. The van der Waals surface area contributed by atoms with Crippen LogP contribution in [0.15, 0.2) is 6.20 Å². The van der Waals surface area contributed by atoms with Gasteiger partial charge in [0.05, 0.1) is 0 Å². The van der Waals surface area contributed by atoms with Gasteiger partial charge in [-0.2, -0.15) is 0 Å². The average Bonchev–Trinajstić information content (AvgIpc) is 2.50. The molecule has 1 rings (SSSR count). The monoisotopic (exact) mass is 433 g/mol. The van der Waals surface area contributed by atoms with Crippen LogP contribution in [0.5, 0.6) is 0 Å². The number of H-pyrrole nitrogens is 1. The molecule has 0 aliphatic rings. The van der Waals surface area contributed by atoms with E-state index in [2.05, 4.69) is 57.0 Å². The molecule has 1 heterocycles. The van der Waals surface area contributed by atoms with Gasteiger partial charge in [0.2, 0.25) is 0 Å². The number of rotatable bonds is 1. The number of aromatic nitrogens is 3. The van der Waals surface area contributed by atoms with Crippen LogP contribution >= 0.6 is 5.35 Å². The van der Waals surface area contributed by atoms with Gasteiger partial charge in [0.1, 0.15) is 0 Å². The van der Waals surface area contributed by atoms with Crippen LogP contribution in [0, 0.1) is 11.8 Å². The average molecular weight is 433 g/mol. The number of hydrogen-bond acceptors (Lipinski definition) is 4. The van der Waals surface area contributed by atoms with Crippen molar-refractivity contribution in [2.45, 2.75) is 41.5 Å². The Morgan fingerprint density at radius 2 is 1.47 bits per heavy atom. The Bertz CT molecular complexity index is 298. The Kier molecular flexibility index (Phi) is 11.6. The molecule has 0 atom stereocenters. The van der Waals surface area contributed by atoms with Gasteiger partial charge in [0, 0.05) is 0 Å². The Balaban J connectivity index is 0. The summed E-state index contributed by atoms with van der Waals surface area (Å²) in [6.07, 6.45) is 1.32. The third kappa shape index (κ3) is 18.7. The van der Waals surface area contributed by atoms with Crippen LogP contribution in [0.4, 0.5) is 0 Å². The van der Waals surface area contributed by atoms with E-state index in [1.165, 1.54) is 6.20 Å². The second-order valence-electron chi connectivity index (χ2n) is 4.84. The van der Waals surface area contributed by atoms with E-state index < -0.39 is 5.35 Å². The van der Waals surface area contributed by atoms with Gasteiger partial charge in [-0.05, 0) is 11.8 Å². The summed E-state index contributed by atoms with van der Waals surface area (Å²) in [6, 6.07) is 0. The van der Waals surface area contributed by atoms with Crippen LogP contribution in [-0.4, -0.2) is 25.2 Å². The van der Waals surface area contributed by atoms with E-state index in [0.29, 0.717) is 0 Å². The van der Waals surface area contributed by atoms with E-state index in [0.717, 1.165) is 30.6 Å². The van der Waals surface area contributed by atoms with Crippen molar-refractivity contribution in [2.24, 2.45) is 11.8 Å². The molecule has 0 aliphatic carbocycles. The van der Waals surface area contributed by atoms with Gasteiger partial charge in [-0.25, -0.2) is 0 Å². The van der Waals surface area contributed by atoms with Crippen LogP contribution in [-0.2, 0) is 18.8 Å². The SMILES string of the molecule is CC(C)C.CC(C)C.O[P](O)(=[W])c1cn[nH]n1. The van der Waals surface area contributed by atoms with Crippen LogP contribution in [0.2, 0.25) is 0 Å². The first-order valence-electron chi connectivity index (χ1n) is 5.49. The molecule has 7 heteroatoms. The normalized spacial score (nSPS) is 10.5. The molecule has 102 valence electrons. The first-order chi connectivity index (χ1) is 7.57. The van der Waals surface area contributed by atoms with Crippen molar-refractivity contribution in [2.75, 3.05) is 0 Å². The van der Waals surface area contributed by atoms with E-state index in [1.807, 2.05) is 0 Å². The molecular weight excluding hydrogens is 409 g/mol. The van der Waals surface area contributed by atoms with E-state index >= 15 is 0 Å². The Morgan fingerprint density at radius 3 is 1.59 bits per heavy atom. The molecule has 1 aromatic rings. The van der Waals surface area contributed by atoms with Gasteiger partial charge in [0.15, 0.2) is 0 Å². The number of aromatic amines is 1. The van der Waals surface area contributed by atoms with Crippen LogP contribution in [0.1, 0.15) is 41.5 Å². The minimum absolute atomic E-state index is 0.262. The molecule has 0 amide bonds. The van der Waals surface area contributed by atoms with Crippen molar-refractivity contribution in [3.63, 3.8) is 0 Å². The maximum atomic E-state index is 8.96. The van der Waals surface area contributed by atoms with Gasteiger partial charge < -0.3 is 0 Å². The Labute approximate surface area is 114 Å². The molecular formula is C10H24N3O2PW. The Hall–Kier alpha value is 0.178. The van der Waals surface area contributed by atoms with Crippen molar-refractivity contribution in [3.05, 3.63) is 6.20 Å². The zero-order valence-electron chi connectivity index (χ0n) is 11.4. The van der Waals surface area contributed by atoms with Crippen molar-refractivity contribution >= 4 is 10.8 Å². The standard InChI is InChI=1S/2C4H10.C2H4N3O2P.W/c2*1-4(2)3;6-8(7)2-1-3-5-4-2;/h2*4H,1-3H3;1,6-7H,(H,3,4,5);. The number of nitrogens with one attached hydrogen (secondary N) is 1. The van der Waals surface area contributed by atoms with Crippen molar-refractivity contribution in [1.29, 1.82) is 0 Å². The van der Waals surface area contributed by atoms with Gasteiger partial charge in [-0.15, -0.1) is 0 Å². The summed E-state index contributed by atoms with van der Waals surface area (Å²) in [5, 5.41) is 6.41. The van der Waals surface area contributed by atoms with E-state index in [9.17, 15) is 0 Å². The first kappa shape index (κ1) is 19.5. The molecule has 17 heavy (non-hydrogen) atoms. The fraction of sp³-hybridized carbons (Fsp3) is 0.800. The molecule has 3 N–H and O–H groups in total. The molecule has 0 saturated heterocycles. The molecule has 0 bridgehead atoms. The van der Waals surface area contributed by atoms with Crippen LogP contribution in [0.3, 0.4) is 0 Å². The number of nitrogens with zero attached hydrogens (tertiary/aromatic N) is 2. The van der Waals surface area contributed by atoms with Gasteiger partial charge in [0.25, 0.3) is 0 Å². The summed E-state index contributed by atoms with van der Waals surface area (Å²) in [6.45, 7) is 13.0. The predicted molar refractivity (Wildman–Crippen MR) is 68.4 cm³/mol. The zero-order valence-corrected chi connectivity index (χ0v) is 15.2. The van der Waals surface area contributed by atoms with Gasteiger partial charge >= 0.3 is 61.0 Å². The third-order valence-corrected chi connectivity index (χ3v) is 3.53. The minimum atomic E-state index is -2.84. The molecule has 0 unspecified atom stereocenters. The quantitative estimate of drug-likeness (QED) is 0.593. The molecule has 0 aromatic carbocycles. The molecule has 0 radical (unpaired) electrons.